The van der Waals surface area contributed by atoms with Crippen LogP contribution in [0.4, 0.5) is 11.8 Å². The lowest BCUT2D eigenvalue weighted by Crippen LogP contribution is -2.38. The molecule has 8 heteroatoms. The van der Waals surface area contributed by atoms with Gasteiger partial charge in [-0.15, -0.1) is 11.3 Å². The van der Waals surface area contributed by atoms with Crippen LogP contribution in [0, 0.1) is 5.92 Å². The number of benzene rings is 2. The summed E-state index contributed by atoms with van der Waals surface area (Å²) in [6.07, 6.45) is 3.44. The molecule has 1 fully saturated rings. The van der Waals surface area contributed by atoms with Crippen LogP contribution < -0.4 is 10.2 Å². The number of anilines is 2. The number of fused-ring (bicyclic) bond motifs is 2. The Hall–Kier alpha value is -3.65. The van der Waals surface area contributed by atoms with Crippen molar-refractivity contribution in [3.63, 3.8) is 0 Å². The molecule has 0 spiro atoms. The molecule has 0 unspecified atom stereocenters. The highest BCUT2D eigenvalue weighted by Crippen LogP contribution is 2.32. The van der Waals surface area contributed by atoms with Crippen molar-refractivity contribution in [1.29, 1.82) is 0 Å². The van der Waals surface area contributed by atoms with Gasteiger partial charge in [-0.2, -0.15) is 4.98 Å². The molecule has 32 heavy (non-hydrogen) atoms. The van der Waals surface area contributed by atoms with E-state index in [4.69, 9.17) is 9.40 Å². The van der Waals surface area contributed by atoms with Crippen LogP contribution >= 0.6 is 11.3 Å². The second-order valence-electron chi connectivity index (χ2n) is 7.95. The van der Waals surface area contributed by atoms with E-state index in [0.29, 0.717) is 6.01 Å². The molecule has 4 heterocycles. The van der Waals surface area contributed by atoms with Crippen molar-refractivity contribution in [2.75, 3.05) is 23.3 Å². The summed E-state index contributed by atoms with van der Waals surface area (Å²) in [5.74, 6) is 0.703. The van der Waals surface area contributed by atoms with Crippen LogP contribution in [0.5, 0.6) is 0 Å². The predicted octanol–water partition coefficient (Wildman–Crippen LogP) is 5.06. The summed E-state index contributed by atoms with van der Waals surface area (Å²) < 4.78 is 7.85. The highest BCUT2D eigenvalue weighted by molar-refractivity contribution is 7.15. The van der Waals surface area contributed by atoms with Crippen molar-refractivity contribution in [2.24, 2.45) is 5.92 Å². The van der Waals surface area contributed by atoms with Crippen molar-refractivity contribution in [3.05, 3.63) is 66.2 Å². The monoisotopic (exact) mass is 443 g/mol. The Morgan fingerprint density at radius 1 is 1.03 bits per heavy atom. The second-order valence-corrected chi connectivity index (χ2v) is 8.82. The van der Waals surface area contributed by atoms with Gasteiger partial charge in [0.2, 0.25) is 5.91 Å². The van der Waals surface area contributed by atoms with Crippen LogP contribution in [0.2, 0.25) is 0 Å². The number of hydrogen-bond donors (Lipinski definition) is 1. The molecular formula is C24H21N5O2S. The summed E-state index contributed by atoms with van der Waals surface area (Å²) in [6.45, 7) is 1.47. The number of oxazole rings is 1. The van der Waals surface area contributed by atoms with Gasteiger partial charge in [-0.25, -0.2) is 4.98 Å². The smallest absolute Gasteiger partial charge is 0.298 e. The summed E-state index contributed by atoms with van der Waals surface area (Å²) >= 11 is 1.56. The number of carbonyl (C=O) groups excluding carboxylic acids is 1. The largest absolute Gasteiger partial charge is 0.423 e. The summed E-state index contributed by atoms with van der Waals surface area (Å²) in [5.41, 5.74) is 3.44. The number of para-hydroxylation sites is 2. The molecule has 2 aromatic carbocycles. The number of imidazole rings is 1. The fourth-order valence-corrected chi connectivity index (χ4v) is 4.96. The average Bonchev–Trinajstić information content (AvgIpc) is 3.55. The first-order valence-electron chi connectivity index (χ1n) is 10.7. The molecule has 3 aromatic heterocycles. The van der Waals surface area contributed by atoms with Gasteiger partial charge in [0.1, 0.15) is 17.0 Å². The first-order valence-corrected chi connectivity index (χ1v) is 11.6. The van der Waals surface area contributed by atoms with E-state index < -0.39 is 0 Å². The fourth-order valence-electron chi connectivity index (χ4n) is 4.25. The van der Waals surface area contributed by atoms with E-state index in [-0.39, 0.29) is 11.8 Å². The molecule has 160 valence electrons. The number of thiazole rings is 1. The van der Waals surface area contributed by atoms with E-state index in [1.165, 1.54) is 0 Å². The summed E-state index contributed by atoms with van der Waals surface area (Å²) in [7, 11) is 0. The number of aromatic nitrogens is 3. The van der Waals surface area contributed by atoms with E-state index in [1.807, 2.05) is 70.6 Å². The number of nitrogens with one attached hydrogen (secondary N) is 1. The number of amides is 1. The molecule has 1 aliphatic rings. The zero-order valence-electron chi connectivity index (χ0n) is 17.3. The minimum atomic E-state index is -0.0663. The minimum Gasteiger partial charge on any atom is -0.423 e. The number of nitrogens with zero attached hydrogens (tertiary/aromatic N) is 4. The number of carbonyl (C=O) groups is 1. The van der Waals surface area contributed by atoms with Crippen molar-refractivity contribution < 1.29 is 9.21 Å². The molecule has 5 aromatic rings. The first-order chi connectivity index (χ1) is 15.8. The molecule has 7 nitrogen and oxygen atoms in total. The van der Waals surface area contributed by atoms with Gasteiger partial charge in [0, 0.05) is 36.1 Å². The van der Waals surface area contributed by atoms with Crippen LogP contribution in [-0.2, 0) is 4.79 Å². The summed E-state index contributed by atoms with van der Waals surface area (Å²) in [4.78, 5) is 25.5. The molecule has 1 saturated heterocycles. The Balaban J connectivity index is 1.19. The van der Waals surface area contributed by atoms with Gasteiger partial charge in [0.15, 0.2) is 10.5 Å². The standard InChI is InChI=1S/C24H21N5O2S/c30-22(17-10-12-28(13-11-17)23-25-18-8-4-5-9-19(18)31-23)27-21-20(16-6-2-1-3-7-16)26-24-29(21)14-15-32-24/h1-9,14-15,17H,10-13H2,(H,27,30). The Labute approximate surface area is 188 Å². The molecule has 0 atom stereocenters. The predicted molar refractivity (Wildman–Crippen MR) is 126 cm³/mol. The Bertz CT molecular complexity index is 1360. The SMILES string of the molecule is O=C(Nc1c(-c2ccccc2)nc2sccn12)C1CCN(c2nc3ccccc3o2)CC1. The first kappa shape index (κ1) is 19.1. The molecular weight excluding hydrogens is 422 g/mol. The van der Waals surface area contributed by atoms with Crippen LogP contribution in [0.25, 0.3) is 27.3 Å². The molecule has 0 aliphatic carbocycles. The van der Waals surface area contributed by atoms with E-state index in [9.17, 15) is 4.79 Å². The molecule has 1 aliphatic heterocycles. The zero-order valence-corrected chi connectivity index (χ0v) is 18.1. The highest BCUT2D eigenvalue weighted by Gasteiger charge is 2.28. The van der Waals surface area contributed by atoms with Crippen LogP contribution in [-0.4, -0.2) is 33.4 Å². The maximum atomic E-state index is 13.2. The Kier molecular flexibility index (Phi) is 4.65. The van der Waals surface area contributed by atoms with Crippen molar-refractivity contribution in [2.45, 2.75) is 12.8 Å². The summed E-state index contributed by atoms with van der Waals surface area (Å²) in [6, 6.07) is 18.4. The van der Waals surface area contributed by atoms with Crippen molar-refractivity contribution in [1.82, 2.24) is 14.4 Å². The van der Waals surface area contributed by atoms with Gasteiger partial charge < -0.3 is 14.6 Å². The number of piperidine rings is 1. The molecule has 0 bridgehead atoms. The van der Waals surface area contributed by atoms with Gasteiger partial charge in [-0.1, -0.05) is 42.5 Å². The maximum absolute atomic E-state index is 13.2. The molecule has 1 amide bonds. The van der Waals surface area contributed by atoms with E-state index in [1.54, 1.807) is 11.3 Å². The zero-order chi connectivity index (χ0) is 21.5. The third kappa shape index (κ3) is 3.33. The molecule has 0 radical (unpaired) electrons. The minimum absolute atomic E-state index is 0.0346. The van der Waals surface area contributed by atoms with Crippen molar-refractivity contribution in [3.8, 4) is 11.3 Å². The highest BCUT2D eigenvalue weighted by atomic mass is 32.1. The van der Waals surface area contributed by atoms with E-state index >= 15 is 0 Å². The average molecular weight is 444 g/mol. The molecule has 1 N–H and O–H groups in total. The van der Waals surface area contributed by atoms with E-state index in [2.05, 4.69) is 15.2 Å². The number of rotatable bonds is 4. The topological polar surface area (TPSA) is 75.7 Å². The van der Waals surface area contributed by atoms with Gasteiger partial charge in [0.05, 0.1) is 0 Å². The second kappa shape index (κ2) is 7.80. The lowest BCUT2D eigenvalue weighted by Gasteiger charge is -2.30. The van der Waals surface area contributed by atoms with Crippen molar-refractivity contribution >= 4 is 45.1 Å². The van der Waals surface area contributed by atoms with Crippen LogP contribution in [0.3, 0.4) is 0 Å². The lowest BCUT2D eigenvalue weighted by molar-refractivity contribution is -0.120. The maximum Gasteiger partial charge on any atom is 0.298 e. The van der Waals surface area contributed by atoms with Crippen LogP contribution in [0.1, 0.15) is 12.8 Å². The third-order valence-corrected chi connectivity index (χ3v) is 6.73. The van der Waals surface area contributed by atoms with Gasteiger partial charge in [-0.05, 0) is 25.0 Å². The third-order valence-electron chi connectivity index (χ3n) is 5.97. The normalized spacial score (nSPS) is 14.9. The Morgan fingerprint density at radius 2 is 1.81 bits per heavy atom. The summed E-state index contributed by atoms with van der Waals surface area (Å²) in [5, 5.41) is 5.15. The quantitative estimate of drug-likeness (QED) is 0.420. The molecule has 0 saturated carbocycles. The van der Waals surface area contributed by atoms with Gasteiger partial charge in [0.25, 0.3) is 6.01 Å². The number of hydrogen-bond acceptors (Lipinski definition) is 6. The Morgan fingerprint density at radius 3 is 2.62 bits per heavy atom. The van der Waals surface area contributed by atoms with E-state index in [0.717, 1.165) is 59.1 Å². The van der Waals surface area contributed by atoms with Gasteiger partial charge >= 0.3 is 0 Å². The fraction of sp³-hybridized carbons (Fsp3) is 0.208. The lowest BCUT2D eigenvalue weighted by atomic mass is 9.96. The van der Waals surface area contributed by atoms with Gasteiger partial charge in [-0.3, -0.25) is 9.20 Å². The van der Waals surface area contributed by atoms with Crippen LogP contribution in [0.15, 0.2) is 70.6 Å². The molecule has 6 rings (SSSR count).